The summed E-state index contributed by atoms with van der Waals surface area (Å²) >= 11 is 0. The van der Waals surface area contributed by atoms with E-state index in [0.29, 0.717) is 22.6 Å². The van der Waals surface area contributed by atoms with Gasteiger partial charge in [-0.2, -0.15) is 64.0 Å². The van der Waals surface area contributed by atoms with Crippen molar-refractivity contribution in [1.29, 1.82) is 5.26 Å². The molecule has 4 rings (SSSR count). The van der Waals surface area contributed by atoms with Gasteiger partial charge in [-0.05, 0) is 25.2 Å². The maximum absolute atomic E-state index is 9.69. The van der Waals surface area contributed by atoms with E-state index < -0.39 is 5.41 Å². The van der Waals surface area contributed by atoms with Crippen LogP contribution >= 0.6 is 0 Å². The summed E-state index contributed by atoms with van der Waals surface area (Å²) < 4.78 is 3.27. The zero-order chi connectivity index (χ0) is 20.4. The van der Waals surface area contributed by atoms with Crippen LogP contribution in [0.1, 0.15) is 30.8 Å². The van der Waals surface area contributed by atoms with Crippen molar-refractivity contribution in [1.82, 2.24) is 19.6 Å². The Labute approximate surface area is 189 Å². The van der Waals surface area contributed by atoms with Crippen LogP contribution in [0.15, 0.2) is 60.9 Å². The monoisotopic (exact) mass is 571 g/mol. The molecule has 0 unspecified atom stereocenters. The Hall–Kier alpha value is -3.47. The van der Waals surface area contributed by atoms with Gasteiger partial charge in [-0.15, -0.1) is 12.1 Å². The van der Waals surface area contributed by atoms with Gasteiger partial charge in [-0.25, -0.2) is 4.85 Å². The van der Waals surface area contributed by atoms with E-state index in [-0.39, 0.29) is 21.1 Å². The molecule has 0 aliphatic carbocycles. The molecule has 2 aromatic carbocycles. The fraction of sp³-hybridized carbons (Fsp3) is 0.130. The SMILES string of the molecule is [C-]#[N+]c1cn(-c2[c-]cccc2)nc1C(C)(C)c1nn(-c2[c-]cccc2)cc1C#N.[Pt+2]. The van der Waals surface area contributed by atoms with Crippen LogP contribution < -0.4 is 0 Å². The van der Waals surface area contributed by atoms with Crippen LogP contribution in [0, 0.1) is 30.0 Å². The molecule has 2 heterocycles. The summed E-state index contributed by atoms with van der Waals surface area (Å²) in [5, 5.41) is 19.0. The number of benzene rings is 2. The van der Waals surface area contributed by atoms with Crippen molar-refractivity contribution in [2.45, 2.75) is 19.3 Å². The standard InChI is InChI=1S/C23H16N6.Pt/c1-23(2,21-17(14-24)15-28(26-21)18-10-6-4-7-11-18)22-20(25-3)16-29(27-22)19-12-8-5-9-13-19;/h4-10,12,15-16H,1-2H3;/q-2;+2. The number of nitriles is 1. The average Bonchev–Trinajstić information content (AvgIpc) is 3.40. The maximum atomic E-state index is 9.69. The Morgan fingerprint density at radius 3 is 2.03 bits per heavy atom. The summed E-state index contributed by atoms with van der Waals surface area (Å²) in [6.07, 6.45) is 3.37. The van der Waals surface area contributed by atoms with E-state index in [0.717, 1.165) is 11.4 Å². The summed E-state index contributed by atoms with van der Waals surface area (Å²) in [6.45, 7) is 11.5. The molecular weight excluding hydrogens is 555 g/mol. The van der Waals surface area contributed by atoms with E-state index in [1.165, 1.54) is 0 Å². The van der Waals surface area contributed by atoms with Gasteiger partial charge in [-0.3, -0.25) is 9.36 Å². The fourth-order valence-corrected chi connectivity index (χ4v) is 3.22. The van der Waals surface area contributed by atoms with Crippen LogP contribution in [0.3, 0.4) is 0 Å². The fourth-order valence-electron chi connectivity index (χ4n) is 3.22. The predicted octanol–water partition coefficient (Wildman–Crippen LogP) is 4.40. The van der Waals surface area contributed by atoms with Gasteiger partial charge in [0.25, 0.3) is 0 Å². The van der Waals surface area contributed by atoms with Crippen LogP contribution in [0.25, 0.3) is 16.2 Å². The smallest absolute Gasteiger partial charge is 0.277 e. The number of hydrogen-bond acceptors (Lipinski definition) is 3. The zero-order valence-corrected chi connectivity index (χ0v) is 18.5. The summed E-state index contributed by atoms with van der Waals surface area (Å²) in [6, 6.07) is 23.3. The summed E-state index contributed by atoms with van der Waals surface area (Å²) in [5.41, 5.74) is 2.68. The van der Waals surface area contributed by atoms with Gasteiger partial charge in [0, 0.05) is 17.8 Å². The second-order valence-corrected chi connectivity index (χ2v) is 6.99. The number of aromatic nitrogens is 4. The average molecular weight is 572 g/mol. The quantitative estimate of drug-likeness (QED) is 0.341. The van der Waals surface area contributed by atoms with Gasteiger partial charge in [0.2, 0.25) is 5.69 Å². The Bertz CT molecular complexity index is 1140. The third-order valence-corrected chi connectivity index (χ3v) is 4.71. The largest absolute Gasteiger partial charge is 2.00 e. The van der Waals surface area contributed by atoms with Crippen LogP contribution in [-0.2, 0) is 26.5 Å². The molecule has 0 amide bonds. The Kier molecular flexibility index (Phi) is 6.01. The van der Waals surface area contributed by atoms with Gasteiger partial charge in [0.05, 0.1) is 23.5 Å². The molecule has 30 heavy (non-hydrogen) atoms. The van der Waals surface area contributed by atoms with Crippen molar-refractivity contribution in [3.05, 3.63) is 101 Å². The Morgan fingerprint density at radius 1 is 0.967 bits per heavy atom. The van der Waals surface area contributed by atoms with Crippen molar-refractivity contribution in [3.8, 4) is 17.4 Å². The van der Waals surface area contributed by atoms with Crippen LogP contribution in [0.4, 0.5) is 5.69 Å². The minimum Gasteiger partial charge on any atom is -0.277 e. The topological polar surface area (TPSA) is 63.8 Å². The summed E-state index contributed by atoms with van der Waals surface area (Å²) in [4.78, 5) is 3.66. The van der Waals surface area contributed by atoms with Crippen molar-refractivity contribution in [3.63, 3.8) is 0 Å². The first-order chi connectivity index (χ1) is 14.0. The number of para-hydroxylation sites is 2. The van der Waals surface area contributed by atoms with E-state index in [4.69, 9.17) is 6.57 Å². The molecule has 0 saturated heterocycles. The molecular formula is C23H16N6Pt. The van der Waals surface area contributed by atoms with E-state index in [9.17, 15) is 5.26 Å². The zero-order valence-electron chi connectivity index (χ0n) is 16.3. The molecule has 0 saturated carbocycles. The van der Waals surface area contributed by atoms with E-state index >= 15 is 0 Å². The molecule has 0 bridgehead atoms. The van der Waals surface area contributed by atoms with Gasteiger partial charge >= 0.3 is 21.1 Å². The van der Waals surface area contributed by atoms with Gasteiger partial charge in [0.15, 0.2) is 0 Å². The van der Waals surface area contributed by atoms with E-state index in [1.807, 2.05) is 50.2 Å². The molecule has 0 radical (unpaired) electrons. The molecule has 148 valence electrons. The molecule has 0 atom stereocenters. The molecule has 0 N–H and O–H groups in total. The third-order valence-electron chi connectivity index (χ3n) is 4.71. The Balaban J connectivity index is 0.00000256. The first kappa shape index (κ1) is 21.2. The summed E-state index contributed by atoms with van der Waals surface area (Å²) in [5.74, 6) is 0. The summed E-state index contributed by atoms with van der Waals surface area (Å²) in [7, 11) is 0. The number of hydrogen-bond donors (Lipinski definition) is 0. The third kappa shape index (κ3) is 3.71. The molecule has 4 aromatic rings. The maximum Gasteiger partial charge on any atom is 2.00 e. The minimum absolute atomic E-state index is 0. The molecule has 6 nitrogen and oxygen atoms in total. The molecule has 0 spiro atoms. The van der Waals surface area contributed by atoms with Crippen LogP contribution in [0.5, 0.6) is 0 Å². The van der Waals surface area contributed by atoms with Crippen molar-refractivity contribution < 1.29 is 21.1 Å². The molecule has 7 heteroatoms. The molecule has 0 aliphatic rings. The first-order valence-electron chi connectivity index (χ1n) is 8.96. The van der Waals surface area contributed by atoms with Gasteiger partial charge in [0.1, 0.15) is 6.07 Å². The second kappa shape index (κ2) is 8.49. The Morgan fingerprint density at radius 2 is 1.53 bits per heavy atom. The normalized spacial score (nSPS) is 10.7. The van der Waals surface area contributed by atoms with Crippen molar-refractivity contribution in [2.75, 3.05) is 0 Å². The number of rotatable bonds is 4. The molecule has 2 aromatic heterocycles. The molecule has 0 fully saturated rings. The molecule has 0 aliphatic heterocycles. The van der Waals surface area contributed by atoms with Crippen LogP contribution in [-0.4, -0.2) is 19.6 Å². The van der Waals surface area contributed by atoms with Gasteiger partial charge < -0.3 is 0 Å². The van der Waals surface area contributed by atoms with Crippen LogP contribution in [0.2, 0.25) is 0 Å². The first-order valence-corrected chi connectivity index (χ1v) is 8.96. The van der Waals surface area contributed by atoms with Gasteiger partial charge in [-0.1, -0.05) is 0 Å². The second-order valence-electron chi connectivity index (χ2n) is 6.99. The minimum atomic E-state index is -0.759. The van der Waals surface area contributed by atoms with Crippen molar-refractivity contribution >= 4 is 5.69 Å². The van der Waals surface area contributed by atoms with Crippen molar-refractivity contribution in [2.24, 2.45) is 0 Å². The predicted molar refractivity (Wildman–Crippen MR) is 108 cm³/mol. The van der Waals surface area contributed by atoms with E-state index in [1.54, 1.807) is 33.9 Å². The van der Waals surface area contributed by atoms with E-state index in [2.05, 4.69) is 33.2 Å². The number of nitrogens with zero attached hydrogens (tertiary/aromatic N) is 6.